The van der Waals surface area contributed by atoms with Gasteiger partial charge in [0.1, 0.15) is 0 Å². The molecule has 1 rings (SSSR count). The summed E-state index contributed by atoms with van der Waals surface area (Å²) in [7, 11) is 0. The highest BCUT2D eigenvalue weighted by Gasteiger charge is 2.30. The Morgan fingerprint density at radius 3 is 2.18 bits per heavy atom. The van der Waals surface area contributed by atoms with Crippen molar-refractivity contribution < 1.29 is 18.3 Å². The van der Waals surface area contributed by atoms with Gasteiger partial charge in [0.25, 0.3) is 0 Å². The lowest BCUT2D eigenvalue weighted by Gasteiger charge is -2.11. The van der Waals surface area contributed by atoms with Gasteiger partial charge in [0.2, 0.25) is 0 Å². The van der Waals surface area contributed by atoms with Crippen molar-refractivity contribution in [3.63, 3.8) is 0 Å². The summed E-state index contributed by atoms with van der Waals surface area (Å²) < 4.78 is 37.0. The van der Waals surface area contributed by atoms with Gasteiger partial charge in [0.15, 0.2) is 0 Å². The quantitative estimate of drug-likeness (QED) is 0.816. The van der Waals surface area contributed by atoms with Gasteiger partial charge in [-0.25, -0.2) is 0 Å². The van der Waals surface area contributed by atoms with E-state index in [1.54, 1.807) is 6.92 Å². The third-order valence-corrected chi connectivity index (χ3v) is 2.23. The molecule has 0 aliphatic carbocycles. The Balaban J connectivity index is 3.05. The van der Waals surface area contributed by atoms with E-state index in [-0.39, 0.29) is 0 Å². The zero-order valence-corrected chi connectivity index (χ0v) is 9.62. The maximum absolute atomic E-state index is 12.3. The van der Waals surface area contributed by atoms with Crippen LogP contribution in [0, 0.1) is 0 Å². The molecule has 0 aromatic heterocycles. The van der Waals surface area contributed by atoms with E-state index in [4.69, 9.17) is 0 Å². The van der Waals surface area contributed by atoms with E-state index in [2.05, 4.69) is 4.99 Å². The molecule has 0 saturated carbocycles. The van der Waals surface area contributed by atoms with E-state index in [0.29, 0.717) is 17.8 Å². The van der Waals surface area contributed by atoms with E-state index >= 15 is 0 Å². The van der Waals surface area contributed by atoms with E-state index in [1.807, 2.05) is 0 Å². The summed E-state index contributed by atoms with van der Waals surface area (Å²) in [6, 6.07) is 4.62. The van der Waals surface area contributed by atoms with Gasteiger partial charge in [-0.2, -0.15) is 13.2 Å². The second kappa shape index (κ2) is 5.31. The van der Waals surface area contributed by atoms with Crippen LogP contribution in [0.5, 0.6) is 0 Å². The maximum atomic E-state index is 12.3. The first-order chi connectivity index (χ1) is 7.86. The Hall–Kier alpha value is -1.36. The lowest BCUT2D eigenvalue weighted by Crippen LogP contribution is -2.18. The van der Waals surface area contributed by atoms with Crippen molar-refractivity contribution in [2.24, 2.45) is 4.99 Å². The largest absolute Gasteiger partial charge is 0.416 e. The molecule has 1 atom stereocenters. The summed E-state index contributed by atoms with van der Waals surface area (Å²) in [4.78, 5) is 4.07. The minimum Gasteiger partial charge on any atom is -0.387 e. The predicted octanol–water partition coefficient (Wildman–Crippen LogP) is 2.90. The molecular formula is C12H14F3NO. The van der Waals surface area contributed by atoms with E-state index in [0.717, 1.165) is 12.1 Å². The van der Waals surface area contributed by atoms with Crippen molar-refractivity contribution in [3.8, 4) is 0 Å². The molecule has 0 aliphatic rings. The molecule has 0 amide bonds. The van der Waals surface area contributed by atoms with Crippen LogP contribution < -0.4 is 0 Å². The smallest absolute Gasteiger partial charge is 0.387 e. The second-order valence-corrected chi connectivity index (χ2v) is 3.61. The van der Waals surface area contributed by atoms with Crippen LogP contribution in [-0.2, 0) is 6.18 Å². The van der Waals surface area contributed by atoms with Gasteiger partial charge in [-0.1, -0.05) is 12.1 Å². The molecule has 1 aromatic carbocycles. The van der Waals surface area contributed by atoms with Crippen LogP contribution in [0.25, 0.3) is 0 Å². The SMILES string of the molecule is CCN=C(c1ccc(C(F)(F)F)cc1)C(C)O. The standard InChI is InChI=1S/C12H14F3NO/c1-3-16-11(8(2)17)9-4-6-10(7-5-9)12(13,14)15/h4-8,17H,3H2,1-2H3. The molecule has 1 unspecified atom stereocenters. The first-order valence-corrected chi connectivity index (χ1v) is 5.26. The monoisotopic (exact) mass is 245 g/mol. The zero-order chi connectivity index (χ0) is 13.1. The van der Waals surface area contributed by atoms with Crippen LogP contribution >= 0.6 is 0 Å². The van der Waals surface area contributed by atoms with Gasteiger partial charge in [-0.15, -0.1) is 0 Å². The Labute approximate surface area is 97.8 Å². The van der Waals surface area contributed by atoms with Crippen LogP contribution in [0.4, 0.5) is 13.2 Å². The van der Waals surface area contributed by atoms with Crippen molar-refractivity contribution in [2.45, 2.75) is 26.1 Å². The minimum atomic E-state index is -4.34. The number of aliphatic imine (C=N–C) groups is 1. The normalized spacial score (nSPS) is 14.8. The number of benzene rings is 1. The Kier molecular flexibility index (Phi) is 4.28. The topological polar surface area (TPSA) is 32.6 Å². The van der Waals surface area contributed by atoms with Gasteiger partial charge < -0.3 is 5.11 Å². The van der Waals surface area contributed by atoms with Crippen molar-refractivity contribution in [1.29, 1.82) is 0 Å². The molecule has 5 heteroatoms. The van der Waals surface area contributed by atoms with Crippen LogP contribution in [0.15, 0.2) is 29.3 Å². The zero-order valence-electron chi connectivity index (χ0n) is 9.62. The molecule has 1 N–H and O–H groups in total. The maximum Gasteiger partial charge on any atom is 0.416 e. The Morgan fingerprint density at radius 1 is 1.29 bits per heavy atom. The Bertz CT molecular complexity index is 393. The summed E-state index contributed by atoms with van der Waals surface area (Å²) in [5.74, 6) is 0. The van der Waals surface area contributed by atoms with Crippen molar-refractivity contribution >= 4 is 5.71 Å². The highest BCUT2D eigenvalue weighted by atomic mass is 19.4. The molecule has 0 spiro atoms. The number of alkyl halides is 3. The molecule has 94 valence electrons. The first kappa shape index (κ1) is 13.7. The van der Waals surface area contributed by atoms with E-state index in [9.17, 15) is 18.3 Å². The third kappa shape index (κ3) is 3.56. The molecule has 0 radical (unpaired) electrons. The molecule has 2 nitrogen and oxygen atoms in total. The number of aliphatic hydroxyl groups excluding tert-OH is 1. The molecule has 0 heterocycles. The number of aliphatic hydroxyl groups is 1. The van der Waals surface area contributed by atoms with Crippen LogP contribution in [0.2, 0.25) is 0 Å². The van der Waals surface area contributed by atoms with E-state index < -0.39 is 17.8 Å². The van der Waals surface area contributed by atoms with Crippen LogP contribution in [0.1, 0.15) is 25.0 Å². The lowest BCUT2D eigenvalue weighted by molar-refractivity contribution is -0.137. The fraction of sp³-hybridized carbons (Fsp3) is 0.417. The Morgan fingerprint density at radius 2 is 1.82 bits per heavy atom. The van der Waals surface area contributed by atoms with Gasteiger partial charge in [0.05, 0.1) is 17.4 Å². The molecule has 17 heavy (non-hydrogen) atoms. The lowest BCUT2D eigenvalue weighted by atomic mass is 10.0. The predicted molar refractivity (Wildman–Crippen MR) is 60.2 cm³/mol. The van der Waals surface area contributed by atoms with Crippen molar-refractivity contribution in [3.05, 3.63) is 35.4 Å². The number of hydrogen-bond donors (Lipinski definition) is 1. The highest BCUT2D eigenvalue weighted by molar-refractivity contribution is 6.03. The van der Waals surface area contributed by atoms with Crippen molar-refractivity contribution in [1.82, 2.24) is 0 Å². The van der Waals surface area contributed by atoms with Gasteiger partial charge in [0, 0.05) is 6.54 Å². The molecule has 0 aliphatic heterocycles. The van der Waals surface area contributed by atoms with Gasteiger partial charge in [-0.05, 0) is 31.5 Å². The average molecular weight is 245 g/mol. The van der Waals surface area contributed by atoms with Crippen LogP contribution in [-0.4, -0.2) is 23.5 Å². The van der Waals surface area contributed by atoms with E-state index in [1.165, 1.54) is 19.1 Å². The number of halogens is 3. The fourth-order valence-corrected chi connectivity index (χ4v) is 1.46. The highest BCUT2D eigenvalue weighted by Crippen LogP contribution is 2.29. The van der Waals surface area contributed by atoms with Crippen molar-refractivity contribution in [2.75, 3.05) is 6.54 Å². The minimum absolute atomic E-state index is 0.404. The summed E-state index contributed by atoms with van der Waals surface area (Å²) >= 11 is 0. The molecule has 0 fully saturated rings. The molecular weight excluding hydrogens is 231 g/mol. The summed E-state index contributed by atoms with van der Waals surface area (Å²) in [5, 5.41) is 9.47. The number of rotatable bonds is 3. The van der Waals surface area contributed by atoms with Gasteiger partial charge in [-0.3, -0.25) is 4.99 Å². The first-order valence-electron chi connectivity index (χ1n) is 5.26. The second-order valence-electron chi connectivity index (χ2n) is 3.61. The molecule has 0 saturated heterocycles. The number of hydrogen-bond acceptors (Lipinski definition) is 2. The summed E-state index contributed by atoms with van der Waals surface area (Å²) in [5.41, 5.74) is 0.207. The summed E-state index contributed by atoms with van der Waals surface area (Å²) in [6.45, 7) is 3.81. The number of nitrogens with zero attached hydrogens (tertiary/aromatic N) is 1. The summed E-state index contributed by atoms with van der Waals surface area (Å²) in [6.07, 6.45) is -5.14. The third-order valence-electron chi connectivity index (χ3n) is 2.23. The average Bonchev–Trinajstić information content (AvgIpc) is 2.24. The van der Waals surface area contributed by atoms with Crippen LogP contribution in [0.3, 0.4) is 0 Å². The van der Waals surface area contributed by atoms with Gasteiger partial charge >= 0.3 is 6.18 Å². The molecule has 1 aromatic rings. The molecule has 0 bridgehead atoms. The fourth-order valence-electron chi connectivity index (χ4n) is 1.46.